The fourth-order valence-electron chi connectivity index (χ4n) is 3.97. The molecular weight excluding hydrogens is 362 g/mol. The number of hydrogen-bond donors (Lipinski definition) is 1. The molecule has 5 nitrogen and oxygen atoms in total. The summed E-state index contributed by atoms with van der Waals surface area (Å²) >= 11 is 0. The van der Waals surface area contributed by atoms with Crippen molar-refractivity contribution in [3.05, 3.63) is 41.7 Å². The molecule has 1 heterocycles. The Labute approximate surface area is 174 Å². The van der Waals surface area contributed by atoms with Crippen molar-refractivity contribution in [3.8, 4) is 11.5 Å². The standard InChI is InChI=1S/C24H33N3O2/c1-4-5-6-9-21-26-23(29-27-21)19-13-10-18(11-14-19)12-15-22(28)25-17-20-8-7-16-24(20,2)3/h10-15,20H,4-9,16-17H2,1-3H3,(H,25,28). The Balaban J connectivity index is 1.50. The first-order valence-corrected chi connectivity index (χ1v) is 10.9. The first kappa shape index (κ1) is 21.3. The lowest BCUT2D eigenvalue weighted by atomic mass is 9.82. The van der Waals surface area contributed by atoms with Crippen LogP contribution in [0.15, 0.2) is 34.9 Å². The second kappa shape index (κ2) is 9.86. The molecule has 1 aromatic heterocycles. The van der Waals surface area contributed by atoms with Gasteiger partial charge in [0, 0.05) is 24.6 Å². The summed E-state index contributed by atoms with van der Waals surface area (Å²) in [7, 11) is 0. The number of nitrogens with zero attached hydrogens (tertiary/aromatic N) is 2. The van der Waals surface area contributed by atoms with Gasteiger partial charge in [-0.15, -0.1) is 0 Å². The van der Waals surface area contributed by atoms with E-state index in [-0.39, 0.29) is 5.91 Å². The second-order valence-electron chi connectivity index (χ2n) is 8.75. The number of benzene rings is 1. The maximum atomic E-state index is 12.2. The zero-order valence-corrected chi connectivity index (χ0v) is 17.9. The van der Waals surface area contributed by atoms with Crippen LogP contribution in [0, 0.1) is 11.3 Å². The lowest BCUT2D eigenvalue weighted by Crippen LogP contribution is -2.32. The molecule has 0 radical (unpaired) electrons. The van der Waals surface area contributed by atoms with Crippen molar-refractivity contribution >= 4 is 12.0 Å². The van der Waals surface area contributed by atoms with Gasteiger partial charge in [0.2, 0.25) is 5.91 Å². The number of rotatable bonds is 9. The Bertz CT molecular complexity index is 821. The van der Waals surface area contributed by atoms with Crippen molar-refractivity contribution in [2.75, 3.05) is 6.54 Å². The van der Waals surface area contributed by atoms with Gasteiger partial charge in [0.15, 0.2) is 5.82 Å². The Morgan fingerprint density at radius 1 is 1.28 bits per heavy atom. The quantitative estimate of drug-likeness (QED) is 0.454. The zero-order chi connectivity index (χ0) is 20.7. The lowest BCUT2D eigenvalue weighted by molar-refractivity contribution is -0.116. The molecule has 1 atom stereocenters. The van der Waals surface area contributed by atoms with Gasteiger partial charge in [-0.2, -0.15) is 4.98 Å². The minimum atomic E-state index is -0.0367. The molecule has 1 amide bonds. The van der Waals surface area contributed by atoms with Gasteiger partial charge in [0.25, 0.3) is 5.89 Å². The third-order valence-electron chi connectivity index (χ3n) is 6.06. The Morgan fingerprint density at radius 3 is 2.76 bits per heavy atom. The number of aromatic nitrogens is 2. The van der Waals surface area contributed by atoms with Crippen molar-refractivity contribution in [3.63, 3.8) is 0 Å². The molecule has 0 spiro atoms. The van der Waals surface area contributed by atoms with Gasteiger partial charge in [0.05, 0.1) is 0 Å². The summed E-state index contributed by atoms with van der Waals surface area (Å²) in [6.07, 6.45) is 11.4. The topological polar surface area (TPSA) is 68.0 Å². The van der Waals surface area contributed by atoms with Crippen LogP contribution in [0.3, 0.4) is 0 Å². The van der Waals surface area contributed by atoms with Gasteiger partial charge >= 0.3 is 0 Å². The van der Waals surface area contributed by atoms with Crippen molar-refractivity contribution in [2.45, 2.75) is 65.7 Å². The highest BCUT2D eigenvalue weighted by Crippen LogP contribution is 2.41. The third-order valence-corrected chi connectivity index (χ3v) is 6.06. The van der Waals surface area contributed by atoms with Gasteiger partial charge in [-0.3, -0.25) is 4.79 Å². The number of nitrogens with one attached hydrogen (secondary N) is 1. The van der Waals surface area contributed by atoms with Crippen LogP contribution in [0.25, 0.3) is 17.5 Å². The van der Waals surface area contributed by atoms with E-state index in [0.717, 1.165) is 36.3 Å². The summed E-state index contributed by atoms with van der Waals surface area (Å²) in [6, 6.07) is 7.81. The first-order chi connectivity index (χ1) is 14.0. The number of aryl methyl sites for hydroxylation is 1. The van der Waals surface area contributed by atoms with E-state index >= 15 is 0 Å². The normalized spacial score (nSPS) is 18.4. The summed E-state index contributed by atoms with van der Waals surface area (Å²) in [6.45, 7) is 7.53. The largest absolute Gasteiger partial charge is 0.352 e. The highest BCUT2D eigenvalue weighted by Gasteiger charge is 2.34. The number of amides is 1. The van der Waals surface area contributed by atoms with E-state index in [2.05, 4.69) is 36.2 Å². The summed E-state index contributed by atoms with van der Waals surface area (Å²) in [5, 5.41) is 7.11. The minimum absolute atomic E-state index is 0.0367. The van der Waals surface area contributed by atoms with E-state index in [1.165, 1.54) is 32.1 Å². The molecule has 1 N–H and O–H groups in total. The SMILES string of the molecule is CCCCCc1noc(-c2ccc(C=CC(=O)NCC3CCCC3(C)C)cc2)n1. The zero-order valence-electron chi connectivity index (χ0n) is 17.9. The molecule has 1 unspecified atom stereocenters. The van der Waals surface area contributed by atoms with Gasteiger partial charge in [0.1, 0.15) is 0 Å². The number of unbranched alkanes of at least 4 members (excludes halogenated alkanes) is 2. The van der Waals surface area contributed by atoms with Crippen LogP contribution in [0.4, 0.5) is 0 Å². The second-order valence-corrected chi connectivity index (χ2v) is 8.75. The van der Waals surface area contributed by atoms with Crippen molar-refractivity contribution in [1.82, 2.24) is 15.5 Å². The van der Waals surface area contributed by atoms with E-state index in [0.29, 0.717) is 17.2 Å². The smallest absolute Gasteiger partial charge is 0.257 e. The summed E-state index contributed by atoms with van der Waals surface area (Å²) in [5.41, 5.74) is 2.19. The molecule has 5 heteroatoms. The first-order valence-electron chi connectivity index (χ1n) is 10.9. The summed E-state index contributed by atoms with van der Waals surface area (Å²) < 4.78 is 5.37. The fraction of sp³-hybridized carbons (Fsp3) is 0.542. The van der Waals surface area contributed by atoms with Crippen LogP contribution in [0.1, 0.15) is 70.7 Å². The number of hydrogen-bond acceptors (Lipinski definition) is 4. The van der Waals surface area contributed by atoms with Crippen molar-refractivity contribution in [1.29, 1.82) is 0 Å². The van der Waals surface area contributed by atoms with Crippen LogP contribution < -0.4 is 5.32 Å². The van der Waals surface area contributed by atoms with Crippen LogP contribution >= 0.6 is 0 Å². The Hall–Kier alpha value is -2.43. The molecule has 0 bridgehead atoms. The van der Waals surface area contributed by atoms with Gasteiger partial charge in [-0.25, -0.2) is 0 Å². The maximum Gasteiger partial charge on any atom is 0.257 e. The molecular formula is C24H33N3O2. The molecule has 0 aliphatic heterocycles. The Kier molecular flexibility index (Phi) is 7.24. The van der Waals surface area contributed by atoms with E-state index in [1.807, 2.05) is 30.3 Å². The molecule has 3 rings (SSSR count). The van der Waals surface area contributed by atoms with Crippen LogP contribution in [0.5, 0.6) is 0 Å². The summed E-state index contributed by atoms with van der Waals surface area (Å²) in [5.74, 6) is 1.84. The van der Waals surface area contributed by atoms with Crippen LogP contribution in [-0.2, 0) is 11.2 Å². The average Bonchev–Trinajstić information content (AvgIpc) is 3.31. The van der Waals surface area contributed by atoms with Crippen LogP contribution in [0.2, 0.25) is 0 Å². The highest BCUT2D eigenvalue weighted by atomic mass is 16.5. The predicted molar refractivity (Wildman–Crippen MR) is 116 cm³/mol. The monoisotopic (exact) mass is 395 g/mol. The van der Waals surface area contributed by atoms with Gasteiger partial charge < -0.3 is 9.84 Å². The predicted octanol–water partition coefficient (Wildman–Crippen LogP) is 5.43. The van der Waals surface area contributed by atoms with Crippen LogP contribution in [-0.4, -0.2) is 22.6 Å². The average molecular weight is 396 g/mol. The highest BCUT2D eigenvalue weighted by molar-refractivity contribution is 5.91. The molecule has 1 aromatic carbocycles. The number of carbonyl (C=O) groups is 1. The van der Waals surface area contributed by atoms with E-state index < -0.39 is 0 Å². The Morgan fingerprint density at radius 2 is 2.07 bits per heavy atom. The molecule has 0 saturated heterocycles. The molecule has 1 saturated carbocycles. The van der Waals surface area contributed by atoms with Gasteiger partial charge in [-0.05, 0) is 54.4 Å². The lowest BCUT2D eigenvalue weighted by Gasteiger charge is -2.26. The van der Waals surface area contributed by atoms with Gasteiger partial charge in [-0.1, -0.05) is 57.3 Å². The molecule has 156 valence electrons. The molecule has 1 aliphatic carbocycles. The van der Waals surface area contributed by atoms with Crippen molar-refractivity contribution < 1.29 is 9.32 Å². The third kappa shape index (κ3) is 6.02. The minimum Gasteiger partial charge on any atom is -0.352 e. The summed E-state index contributed by atoms with van der Waals surface area (Å²) in [4.78, 5) is 16.6. The van der Waals surface area contributed by atoms with E-state index in [9.17, 15) is 4.79 Å². The maximum absolute atomic E-state index is 12.2. The molecule has 29 heavy (non-hydrogen) atoms. The molecule has 1 aliphatic rings. The fourth-order valence-corrected chi connectivity index (χ4v) is 3.97. The van der Waals surface area contributed by atoms with E-state index in [4.69, 9.17) is 4.52 Å². The number of carbonyl (C=O) groups excluding carboxylic acids is 1. The van der Waals surface area contributed by atoms with Crippen molar-refractivity contribution in [2.24, 2.45) is 11.3 Å². The molecule has 2 aromatic rings. The van der Waals surface area contributed by atoms with E-state index in [1.54, 1.807) is 6.08 Å². The molecule has 1 fully saturated rings.